The molecule has 0 amide bonds. The van der Waals surface area contributed by atoms with Crippen molar-refractivity contribution in [2.45, 2.75) is 19.3 Å². The molecule has 0 saturated carbocycles. The van der Waals surface area contributed by atoms with E-state index < -0.39 is 29.2 Å². The number of pyridine rings is 1. The molecule has 18 heavy (non-hydrogen) atoms. The van der Waals surface area contributed by atoms with Gasteiger partial charge in [-0.3, -0.25) is 0 Å². The van der Waals surface area contributed by atoms with Crippen LogP contribution in [0.5, 0.6) is 0 Å². The van der Waals surface area contributed by atoms with Gasteiger partial charge in [-0.25, -0.2) is 0 Å². The standard InChI is InChI=1S/C11H14F4N2S/c1-18-6-4-2-3-5-16-9-7(12)10(14)17-11(15)8(9)13/h2-6H2,1H3,(H,16,17). The van der Waals surface area contributed by atoms with Gasteiger partial charge in [0.1, 0.15) is 5.69 Å². The van der Waals surface area contributed by atoms with Crippen LogP contribution < -0.4 is 5.32 Å². The number of aromatic nitrogens is 1. The summed E-state index contributed by atoms with van der Waals surface area (Å²) in [6.45, 7) is 0.255. The first-order valence-corrected chi connectivity index (χ1v) is 6.90. The smallest absolute Gasteiger partial charge is 0.253 e. The van der Waals surface area contributed by atoms with Crippen LogP contribution in [-0.4, -0.2) is 23.5 Å². The molecule has 2 nitrogen and oxygen atoms in total. The van der Waals surface area contributed by atoms with Gasteiger partial charge in [-0.05, 0) is 24.9 Å². The molecule has 1 aromatic heterocycles. The highest BCUT2D eigenvalue weighted by molar-refractivity contribution is 7.98. The molecule has 0 bridgehead atoms. The molecule has 0 spiro atoms. The van der Waals surface area contributed by atoms with Crippen LogP contribution in [0.15, 0.2) is 0 Å². The van der Waals surface area contributed by atoms with Crippen molar-refractivity contribution in [3.63, 3.8) is 0 Å². The first kappa shape index (κ1) is 15.1. The molecule has 1 N–H and O–H groups in total. The second-order valence-corrected chi connectivity index (χ2v) is 4.66. The molecule has 1 aromatic rings. The monoisotopic (exact) mass is 282 g/mol. The summed E-state index contributed by atoms with van der Waals surface area (Å²) >= 11 is 1.72. The summed E-state index contributed by atoms with van der Waals surface area (Å²) in [4.78, 5) is 2.48. The summed E-state index contributed by atoms with van der Waals surface area (Å²) in [5, 5.41) is 2.36. The largest absolute Gasteiger partial charge is 0.380 e. The maximum absolute atomic E-state index is 13.2. The Kier molecular flexibility index (Phi) is 6.24. The lowest BCUT2D eigenvalue weighted by Gasteiger charge is -2.09. The molecule has 0 fully saturated rings. The van der Waals surface area contributed by atoms with E-state index in [0.717, 1.165) is 18.6 Å². The molecule has 0 aromatic carbocycles. The summed E-state index contributed by atoms with van der Waals surface area (Å²) in [5.74, 6) is -5.24. The van der Waals surface area contributed by atoms with Crippen LogP contribution in [0.25, 0.3) is 0 Å². The fourth-order valence-corrected chi connectivity index (χ4v) is 1.90. The predicted molar refractivity (Wildman–Crippen MR) is 64.8 cm³/mol. The van der Waals surface area contributed by atoms with Gasteiger partial charge in [-0.2, -0.15) is 34.3 Å². The van der Waals surface area contributed by atoms with E-state index in [1.165, 1.54) is 0 Å². The van der Waals surface area contributed by atoms with E-state index in [-0.39, 0.29) is 6.54 Å². The molecule has 1 rings (SSSR count). The van der Waals surface area contributed by atoms with Crippen molar-refractivity contribution in [2.24, 2.45) is 0 Å². The minimum absolute atomic E-state index is 0.255. The number of halogens is 4. The van der Waals surface area contributed by atoms with Gasteiger partial charge < -0.3 is 5.32 Å². The van der Waals surface area contributed by atoms with Crippen molar-refractivity contribution in [1.29, 1.82) is 0 Å². The van der Waals surface area contributed by atoms with Crippen molar-refractivity contribution in [2.75, 3.05) is 23.9 Å². The minimum atomic E-state index is -1.64. The summed E-state index contributed by atoms with van der Waals surface area (Å²) < 4.78 is 51.8. The van der Waals surface area contributed by atoms with Crippen LogP contribution in [0, 0.1) is 23.5 Å². The van der Waals surface area contributed by atoms with Crippen molar-refractivity contribution in [3.8, 4) is 0 Å². The molecule has 0 unspecified atom stereocenters. The summed E-state index contributed by atoms with van der Waals surface area (Å²) in [6, 6.07) is 0. The average Bonchev–Trinajstić information content (AvgIpc) is 2.35. The first-order valence-electron chi connectivity index (χ1n) is 5.50. The summed E-state index contributed by atoms with van der Waals surface area (Å²) in [6.07, 6.45) is 4.54. The first-order chi connectivity index (χ1) is 8.57. The molecule has 0 atom stereocenters. The van der Waals surface area contributed by atoms with Crippen LogP contribution in [0.1, 0.15) is 19.3 Å². The van der Waals surface area contributed by atoms with Crippen molar-refractivity contribution in [1.82, 2.24) is 4.98 Å². The summed E-state index contributed by atoms with van der Waals surface area (Å²) in [5.41, 5.74) is -0.787. The second kappa shape index (κ2) is 7.45. The number of rotatable bonds is 7. The highest BCUT2D eigenvalue weighted by Crippen LogP contribution is 2.21. The number of nitrogens with zero attached hydrogens (tertiary/aromatic N) is 1. The lowest BCUT2D eigenvalue weighted by molar-refractivity contribution is 0.410. The molecule has 0 aliphatic heterocycles. The Morgan fingerprint density at radius 2 is 1.61 bits per heavy atom. The van der Waals surface area contributed by atoms with Gasteiger partial charge in [0.15, 0.2) is 0 Å². The van der Waals surface area contributed by atoms with E-state index in [1.807, 2.05) is 6.26 Å². The lowest BCUT2D eigenvalue weighted by atomic mass is 10.2. The normalized spacial score (nSPS) is 10.7. The fourth-order valence-electron chi connectivity index (χ4n) is 1.40. The van der Waals surface area contributed by atoms with E-state index >= 15 is 0 Å². The molecule has 0 aliphatic rings. The third-order valence-corrected chi connectivity index (χ3v) is 3.02. The highest BCUT2D eigenvalue weighted by atomic mass is 32.2. The van der Waals surface area contributed by atoms with Crippen molar-refractivity contribution < 1.29 is 17.6 Å². The van der Waals surface area contributed by atoms with Gasteiger partial charge in [0.05, 0.1) is 0 Å². The maximum atomic E-state index is 13.2. The Balaban J connectivity index is 2.52. The Hall–Kier alpha value is -0.980. The molecular formula is C11H14F4N2S. The Morgan fingerprint density at radius 1 is 1.00 bits per heavy atom. The number of nitrogens with one attached hydrogen (secondary N) is 1. The Bertz CT molecular complexity index is 375. The maximum Gasteiger partial charge on any atom is 0.253 e. The van der Waals surface area contributed by atoms with Gasteiger partial charge in [-0.1, -0.05) is 6.42 Å². The van der Waals surface area contributed by atoms with Crippen LogP contribution in [0.4, 0.5) is 23.2 Å². The molecular weight excluding hydrogens is 268 g/mol. The molecule has 1 heterocycles. The van der Waals surface area contributed by atoms with Crippen molar-refractivity contribution >= 4 is 17.4 Å². The van der Waals surface area contributed by atoms with Gasteiger partial charge in [0.25, 0.3) is 11.9 Å². The van der Waals surface area contributed by atoms with E-state index in [9.17, 15) is 17.6 Å². The number of thioether (sulfide) groups is 1. The van der Waals surface area contributed by atoms with Gasteiger partial charge >= 0.3 is 0 Å². The zero-order chi connectivity index (χ0) is 13.5. The highest BCUT2D eigenvalue weighted by Gasteiger charge is 2.19. The van der Waals surface area contributed by atoms with Crippen LogP contribution >= 0.6 is 11.8 Å². The quantitative estimate of drug-likeness (QED) is 0.470. The van der Waals surface area contributed by atoms with Gasteiger partial charge in [0, 0.05) is 6.54 Å². The van der Waals surface area contributed by atoms with Gasteiger partial charge in [-0.15, -0.1) is 0 Å². The molecule has 102 valence electrons. The zero-order valence-electron chi connectivity index (χ0n) is 9.90. The Morgan fingerprint density at radius 3 is 2.17 bits per heavy atom. The third-order valence-electron chi connectivity index (χ3n) is 2.32. The fraction of sp³-hybridized carbons (Fsp3) is 0.545. The van der Waals surface area contributed by atoms with E-state index in [0.29, 0.717) is 6.42 Å². The van der Waals surface area contributed by atoms with E-state index in [4.69, 9.17) is 0 Å². The van der Waals surface area contributed by atoms with Gasteiger partial charge in [0.2, 0.25) is 11.6 Å². The minimum Gasteiger partial charge on any atom is -0.380 e. The van der Waals surface area contributed by atoms with Crippen LogP contribution in [-0.2, 0) is 0 Å². The topological polar surface area (TPSA) is 24.9 Å². The molecule has 7 heteroatoms. The average molecular weight is 282 g/mol. The number of unbranched alkanes of at least 4 members (excludes halogenated alkanes) is 2. The molecule has 0 saturated heterocycles. The third kappa shape index (κ3) is 4.04. The second-order valence-electron chi connectivity index (χ2n) is 3.68. The summed E-state index contributed by atoms with van der Waals surface area (Å²) in [7, 11) is 0. The Labute approximate surface area is 107 Å². The van der Waals surface area contributed by atoms with Crippen LogP contribution in [0.3, 0.4) is 0 Å². The molecule has 0 aliphatic carbocycles. The van der Waals surface area contributed by atoms with Crippen LogP contribution in [0.2, 0.25) is 0 Å². The number of anilines is 1. The van der Waals surface area contributed by atoms with E-state index in [1.54, 1.807) is 11.8 Å². The SMILES string of the molecule is CSCCCCCNc1c(F)c(F)nc(F)c1F. The lowest BCUT2D eigenvalue weighted by Crippen LogP contribution is -2.10. The predicted octanol–water partition coefficient (Wildman–Crippen LogP) is 3.58. The number of hydrogen-bond acceptors (Lipinski definition) is 3. The van der Waals surface area contributed by atoms with Crippen molar-refractivity contribution in [3.05, 3.63) is 23.5 Å². The number of hydrogen-bond donors (Lipinski definition) is 1. The van der Waals surface area contributed by atoms with E-state index in [2.05, 4.69) is 10.3 Å². The molecule has 0 radical (unpaired) electrons. The zero-order valence-corrected chi connectivity index (χ0v) is 10.7.